The summed E-state index contributed by atoms with van der Waals surface area (Å²) in [6, 6.07) is 12.1. The maximum Gasteiger partial charge on any atom is 0.228 e. The van der Waals surface area contributed by atoms with E-state index in [2.05, 4.69) is 19.5 Å². The molecule has 3 aliphatic heterocycles. The third-order valence-electron chi connectivity index (χ3n) is 8.31. The summed E-state index contributed by atoms with van der Waals surface area (Å²) < 4.78 is 25.8. The van der Waals surface area contributed by atoms with Gasteiger partial charge < -0.3 is 4.90 Å². The molecule has 3 aliphatic rings. The summed E-state index contributed by atoms with van der Waals surface area (Å²) in [5, 5.41) is 1.06. The second-order valence-corrected chi connectivity index (χ2v) is 13.5. The number of amides is 1. The Morgan fingerprint density at radius 2 is 1.87 bits per heavy atom. The van der Waals surface area contributed by atoms with Gasteiger partial charge >= 0.3 is 0 Å². The highest BCUT2D eigenvalue weighted by Crippen LogP contribution is 2.41. The molecule has 38 heavy (non-hydrogen) atoms. The number of benzene rings is 1. The Bertz CT molecular complexity index is 1250. The second-order valence-electron chi connectivity index (χ2n) is 10.9. The zero-order valence-electron chi connectivity index (χ0n) is 21.7. The fourth-order valence-electron chi connectivity index (χ4n) is 6.10. The Kier molecular flexibility index (Phi) is 8.33. The number of sulfonamides is 1. The molecule has 206 valence electrons. The summed E-state index contributed by atoms with van der Waals surface area (Å²) in [6.45, 7) is 5.32. The lowest BCUT2D eigenvalue weighted by Crippen LogP contribution is -2.62. The number of halogens is 2. The highest BCUT2D eigenvalue weighted by molar-refractivity contribution is 7.88. The van der Waals surface area contributed by atoms with Crippen LogP contribution in [0.25, 0.3) is 0 Å². The Balaban J connectivity index is 1.24. The molecule has 1 atom stereocenters. The van der Waals surface area contributed by atoms with E-state index in [0.29, 0.717) is 34.9 Å². The number of carbonyl (C=O) groups excluding carboxylic acids is 1. The molecule has 1 aromatic heterocycles. The van der Waals surface area contributed by atoms with E-state index in [0.717, 1.165) is 64.0 Å². The van der Waals surface area contributed by atoms with Gasteiger partial charge in [-0.2, -0.15) is 0 Å². The number of pyridine rings is 1. The maximum absolute atomic E-state index is 12.9. The van der Waals surface area contributed by atoms with Gasteiger partial charge in [0, 0.05) is 62.8 Å². The van der Waals surface area contributed by atoms with Crippen LogP contribution in [0, 0.1) is 0 Å². The van der Waals surface area contributed by atoms with Crippen LogP contribution in [0.4, 0.5) is 5.82 Å². The highest BCUT2D eigenvalue weighted by atomic mass is 35.5. The van der Waals surface area contributed by atoms with Gasteiger partial charge in [-0.3, -0.25) is 14.6 Å². The minimum Gasteiger partial charge on any atom is -0.300 e. The minimum absolute atomic E-state index is 0.0412. The van der Waals surface area contributed by atoms with E-state index in [1.165, 1.54) is 6.26 Å². The van der Waals surface area contributed by atoms with Crippen LogP contribution in [0.5, 0.6) is 0 Å². The number of likely N-dealkylation sites (tertiary alicyclic amines) is 2. The molecule has 1 amide bonds. The maximum atomic E-state index is 12.9. The molecule has 4 heterocycles. The molecular weight excluding hydrogens is 545 g/mol. The molecule has 0 spiro atoms. The second kappa shape index (κ2) is 11.4. The number of rotatable bonds is 8. The predicted octanol–water partition coefficient (Wildman–Crippen LogP) is 3.54. The molecular formula is C27H35Cl2N5O3S. The molecule has 5 rings (SSSR count). The van der Waals surface area contributed by atoms with E-state index in [4.69, 9.17) is 23.2 Å². The predicted molar refractivity (Wildman–Crippen MR) is 151 cm³/mol. The molecule has 0 unspecified atom stereocenters. The van der Waals surface area contributed by atoms with Crippen LogP contribution in [-0.4, -0.2) is 86.7 Å². The molecule has 11 heteroatoms. The van der Waals surface area contributed by atoms with Gasteiger partial charge in [-0.1, -0.05) is 35.3 Å². The normalized spacial score (nSPS) is 24.5. The molecule has 0 aliphatic carbocycles. The summed E-state index contributed by atoms with van der Waals surface area (Å²) in [6.07, 6.45) is 6.75. The quantitative estimate of drug-likeness (QED) is 0.515. The summed E-state index contributed by atoms with van der Waals surface area (Å²) in [4.78, 5) is 24.2. The van der Waals surface area contributed by atoms with E-state index in [1.807, 2.05) is 41.3 Å². The van der Waals surface area contributed by atoms with Crippen LogP contribution in [0.2, 0.25) is 10.0 Å². The van der Waals surface area contributed by atoms with Crippen LogP contribution in [0.3, 0.4) is 0 Å². The Morgan fingerprint density at radius 3 is 2.53 bits per heavy atom. The van der Waals surface area contributed by atoms with Crippen LogP contribution >= 0.6 is 23.2 Å². The smallest absolute Gasteiger partial charge is 0.228 e. The number of aromatic nitrogens is 1. The highest BCUT2D eigenvalue weighted by Gasteiger charge is 2.43. The zero-order chi connectivity index (χ0) is 26.9. The van der Waals surface area contributed by atoms with Gasteiger partial charge in [0.2, 0.25) is 15.9 Å². The van der Waals surface area contributed by atoms with Gasteiger partial charge in [0.15, 0.2) is 0 Å². The molecule has 0 bridgehead atoms. The van der Waals surface area contributed by atoms with E-state index < -0.39 is 10.0 Å². The van der Waals surface area contributed by atoms with E-state index >= 15 is 0 Å². The fourth-order valence-corrected chi connectivity index (χ4v) is 7.24. The van der Waals surface area contributed by atoms with Crippen LogP contribution in [-0.2, 0) is 20.2 Å². The van der Waals surface area contributed by atoms with Crippen molar-refractivity contribution in [3.05, 3.63) is 58.2 Å². The molecule has 8 nitrogen and oxygen atoms in total. The van der Waals surface area contributed by atoms with Gasteiger partial charge in [-0.15, -0.1) is 0 Å². The van der Waals surface area contributed by atoms with Crippen LogP contribution in [0.1, 0.15) is 37.7 Å². The first kappa shape index (κ1) is 27.8. The monoisotopic (exact) mass is 579 g/mol. The van der Waals surface area contributed by atoms with Crippen molar-refractivity contribution >= 4 is 45.0 Å². The fraction of sp³-hybridized carbons (Fsp3) is 0.556. The Hall–Kier alpha value is -1.75. The lowest BCUT2D eigenvalue weighted by atomic mass is 9.71. The molecule has 3 fully saturated rings. The number of nitrogens with one attached hydrogen (secondary N) is 1. The number of hydrogen-bond acceptors (Lipinski definition) is 6. The van der Waals surface area contributed by atoms with Crippen LogP contribution in [0.15, 0.2) is 42.6 Å². The SMILES string of the molecule is CS(=O)(=O)NC1CCN(C2CN(CC[C@]3(c4ccc(Cl)c(Cl)c4)CCC(=O)N(c4ccccn4)C3)C2)CC1. The lowest BCUT2D eigenvalue weighted by Gasteiger charge is -2.49. The van der Waals surface area contributed by atoms with Crippen molar-refractivity contribution in [3.63, 3.8) is 0 Å². The first-order valence-electron chi connectivity index (χ1n) is 13.2. The van der Waals surface area contributed by atoms with Crippen molar-refractivity contribution in [1.82, 2.24) is 19.5 Å². The van der Waals surface area contributed by atoms with Crippen molar-refractivity contribution in [2.24, 2.45) is 0 Å². The average Bonchev–Trinajstić information content (AvgIpc) is 2.86. The number of anilines is 1. The van der Waals surface area contributed by atoms with Gasteiger partial charge in [0.1, 0.15) is 5.82 Å². The summed E-state index contributed by atoms with van der Waals surface area (Å²) >= 11 is 12.7. The van der Waals surface area contributed by atoms with Crippen molar-refractivity contribution in [2.75, 3.05) is 50.4 Å². The van der Waals surface area contributed by atoms with E-state index in [1.54, 1.807) is 6.20 Å². The molecule has 0 saturated carbocycles. The van der Waals surface area contributed by atoms with Gasteiger partial charge in [-0.25, -0.2) is 18.1 Å². The zero-order valence-corrected chi connectivity index (χ0v) is 24.0. The summed E-state index contributed by atoms with van der Waals surface area (Å²) in [7, 11) is -3.16. The Morgan fingerprint density at radius 1 is 1.11 bits per heavy atom. The number of nitrogens with zero attached hydrogens (tertiary/aromatic N) is 4. The molecule has 1 N–H and O–H groups in total. The van der Waals surface area contributed by atoms with Crippen LogP contribution < -0.4 is 9.62 Å². The molecule has 3 saturated heterocycles. The summed E-state index contributed by atoms with van der Waals surface area (Å²) in [5.41, 5.74) is 0.860. The average molecular weight is 581 g/mol. The largest absolute Gasteiger partial charge is 0.300 e. The lowest BCUT2D eigenvalue weighted by molar-refractivity contribution is -0.120. The molecule has 2 aromatic rings. The van der Waals surface area contributed by atoms with E-state index in [-0.39, 0.29) is 17.4 Å². The van der Waals surface area contributed by atoms with Gasteiger partial charge in [-0.05, 0) is 62.1 Å². The third kappa shape index (κ3) is 6.35. The van der Waals surface area contributed by atoms with Crippen molar-refractivity contribution in [1.29, 1.82) is 0 Å². The number of piperidine rings is 2. The van der Waals surface area contributed by atoms with Crippen molar-refractivity contribution in [3.8, 4) is 0 Å². The van der Waals surface area contributed by atoms with Gasteiger partial charge in [0.05, 0.1) is 16.3 Å². The number of hydrogen-bond donors (Lipinski definition) is 1. The first-order chi connectivity index (χ1) is 18.1. The first-order valence-corrected chi connectivity index (χ1v) is 15.9. The Labute approximate surface area is 235 Å². The minimum atomic E-state index is -3.16. The summed E-state index contributed by atoms with van der Waals surface area (Å²) in [5.74, 6) is 0.775. The molecule has 1 aromatic carbocycles. The third-order valence-corrected chi connectivity index (χ3v) is 9.81. The van der Waals surface area contributed by atoms with Crippen molar-refractivity contribution < 1.29 is 13.2 Å². The standard InChI is InChI=1S/C27H35Cl2N5O3S/c1-38(36,37)31-21-8-13-33(14-9-21)22-17-32(18-22)15-11-27(20-5-6-23(28)24(29)16-20)10-7-26(35)34(19-27)25-4-2-3-12-30-25/h2-6,12,16,21-22,31H,7-11,13-15,17-19H2,1H3/t27-/m1/s1. The van der Waals surface area contributed by atoms with E-state index in [9.17, 15) is 13.2 Å². The topological polar surface area (TPSA) is 85.8 Å². The molecule has 0 radical (unpaired) electrons. The number of carbonyl (C=O) groups is 1. The van der Waals surface area contributed by atoms with Gasteiger partial charge in [0.25, 0.3) is 0 Å². The van der Waals surface area contributed by atoms with Crippen molar-refractivity contribution in [2.45, 2.75) is 49.6 Å².